The minimum absolute atomic E-state index is 0.0850. The van der Waals surface area contributed by atoms with Gasteiger partial charge in [-0.3, -0.25) is 10.2 Å². The summed E-state index contributed by atoms with van der Waals surface area (Å²) in [5.41, 5.74) is 1.59. The molecule has 1 aromatic heterocycles. The molecule has 44 heavy (non-hydrogen) atoms. The van der Waals surface area contributed by atoms with E-state index in [2.05, 4.69) is 25.3 Å². The Morgan fingerprint density at radius 1 is 1.11 bits per heavy atom. The van der Waals surface area contributed by atoms with Crippen LogP contribution in [0, 0.1) is 0 Å². The minimum atomic E-state index is -4.32. The molecule has 238 valence electrons. The lowest BCUT2D eigenvalue weighted by atomic mass is 10.0. The Morgan fingerprint density at radius 3 is 2.59 bits per heavy atom. The Kier molecular flexibility index (Phi) is 10.3. The van der Waals surface area contributed by atoms with Crippen molar-refractivity contribution in [1.82, 2.24) is 19.8 Å². The van der Waals surface area contributed by atoms with E-state index in [1.165, 1.54) is 25.3 Å². The van der Waals surface area contributed by atoms with Gasteiger partial charge in [0.25, 0.3) is 10.0 Å². The Hall–Kier alpha value is -3.76. The smallest absolute Gasteiger partial charge is 0.413 e. The molecule has 1 saturated carbocycles. The molecule has 3 aromatic rings. The first-order valence-corrected chi connectivity index (χ1v) is 16.0. The van der Waals surface area contributed by atoms with Gasteiger partial charge in [-0.1, -0.05) is 47.6 Å². The number of fused-ring (bicyclic) bond motifs is 1. The number of hydrogen-bond acceptors (Lipinski definition) is 10. The number of imidazole rings is 1. The van der Waals surface area contributed by atoms with Gasteiger partial charge in [-0.25, -0.2) is 23.0 Å². The fourth-order valence-corrected chi connectivity index (χ4v) is 6.53. The lowest BCUT2D eigenvalue weighted by molar-refractivity contribution is -0.145. The molecule has 2 aromatic carbocycles. The SMILES string of the molecule is COC(=O)Nc1nc2ccc(S(=O)(=O)N(CC(O)C(Cc3ccccc3)NC(=O)OC3CCOC3)OC3CCCC3)cc2[nH]1. The van der Waals surface area contributed by atoms with Crippen molar-refractivity contribution < 1.29 is 42.2 Å². The van der Waals surface area contributed by atoms with Gasteiger partial charge in [0.05, 0.1) is 61.0 Å². The van der Waals surface area contributed by atoms with Crippen molar-refractivity contribution in [2.24, 2.45) is 0 Å². The molecule has 1 aliphatic carbocycles. The van der Waals surface area contributed by atoms with Gasteiger partial charge >= 0.3 is 12.2 Å². The van der Waals surface area contributed by atoms with Crippen molar-refractivity contribution in [2.75, 3.05) is 32.2 Å². The largest absolute Gasteiger partial charge is 0.453 e. The summed E-state index contributed by atoms with van der Waals surface area (Å²) in [6.07, 6.45) is 0.340. The maximum atomic E-state index is 14.0. The predicted octanol–water partition coefficient (Wildman–Crippen LogP) is 3.09. The number of aromatic nitrogens is 2. The third kappa shape index (κ3) is 8.04. The highest BCUT2D eigenvalue weighted by molar-refractivity contribution is 7.89. The number of H-pyrrole nitrogens is 1. The van der Waals surface area contributed by atoms with E-state index in [1.807, 2.05) is 30.3 Å². The highest BCUT2D eigenvalue weighted by atomic mass is 32.2. The average Bonchev–Trinajstić information content (AvgIpc) is 3.79. The molecule has 3 atom stereocenters. The number of ether oxygens (including phenoxy) is 3. The average molecular weight is 632 g/mol. The summed E-state index contributed by atoms with van der Waals surface area (Å²) in [5.74, 6) is 0.0850. The minimum Gasteiger partial charge on any atom is -0.453 e. The number of hydrogen-bond donors (Lipinski definition) is 4. The highest BCUT2D eigenvalue weighted by Gasteiger charge is 2.35. The summed E-state index contributed by atoms with van der Waals surface area (Å²) in [5, 5.41) is 16.6. The predicted molar refractivity (Wildman–Crippen MR) is 158 cm³/mol. The van der Waals surface area contributed by atoms with Crippen LogP contribution < -0.4 is 10.6 Å². The van der Waals surface area contributed by atoms with E-state index < -0.39 is 47.0 Å². The van der Waals surface area contributed by atoms with E-state index >= 15 is 0 Å². The standard InChI is InChI=1S/C29H37N5O9S/c1-40-28(36)33-27-30-23-12-11-22(16-24(23)31-27)44(38,39)34(43-20-9-5-6-10-20)17-26(35)25(15-19-7-3-2-4-8-19)32-29(37)42-21-13-14-41-18-21/h2-4,7-8,11-12,16,20-21,25-26,35H,5-6,9-10,13-15,17-18H2,1H3,(H,32,37)(H2,30,31,33,36). The molecular formula is C29H37N5O9S. The molecule has 0 bridgehead atoms. The number of hydroxylamine groups is 1. The molecule has 3 unspecified atom stereocenters. The molecule has 15 heteroatoms. The molecule has 5 rings (SSSR count). The molecule has 0 spiro atoms. The number of methoxy groups -OCH3 is 1. The molecule has 2 fully saturated rings. The number of rotatable bonds is 12. The van der Waals surface area contributed by atoms with Gasteiger partial charge in [-0.15, -0.1) is 0 Å². The van der Waals surface area contributed by atoms with Gasteiger partial charge in [0.1, 0.15) is 6.10 Å². The summed E-state index contributed by atoms with van der Waals surface area (Å²) in [4.78, 5) is 37.4. The van der Waals surface area contributed by atoms with Crippen molar-refractivity contribution in [3.8, 4) is 0 Å². The molecular weight excluding hydrogens is 594 g/mol. The van der Waals surface area contributed by atoms with Crippen molar-refractivity contribution in [2.45, 2.75) is 67.8 Å². The lowest BCUT2D eigenvalue weighted by Gasteiger charge is -2.30. The Labute approximate surface area is 255 Å². The number of amides is 2. The van der Waals surface area contributed by atoms with Crippen LogP contribution in [-0.4, -0.2) is 91.4 Å². The zero-order chi connectivity index (χ0) is 31.1. The number of aromatic amines is 1. The normalized spacial score (nSPS) is 18.8. The number of carbonyl (C=O) groups is 2. The Morgan fingerprint density at radius 2 is 1.89 bits per heavy atom. The fourth-order valence-electron chi connectivity index (χ4n) is 5.21. The summed E-state index contributed by atoms with van der Waals surface area (Å²) >= 11 is 0. The molecule has 2 amide bonds. The maximum absolute atomic E-state index is 14.0. The Balaban J connectivity index is 1.38. The van der Waals surface area contributed by atoms with Crippen LogP contribution in [0.15, 0.2) is 53.4 Å². The molecule has 2 heterocycles. The number of nitrogens with one attached hydrogen (secondary N) is 3. The van der Waals surface area contributed by atoms with Crippen molar-refractivity contribution in [1.29, 1.82) is 0 Å². The van der Waals surface area contributed by atoms with E-state index in [9.17, 15) is 23.1 Å². The van der Waals surface area contributed by atoms with Crippen LogP contribution in [0.1, 0.15) is 37.7 Å². The van der Waals surface area contributed by atoms with Crippen LogP contribution in [0.3, 0.4) is 0 Å². The zero-order valence-electron chi connectivity index (χ0n) is 24.3. The molecule has 14 nitrogen and oxygen atoms in total. The van der Waals surface area contributed by atoms with Crippen LogP contribution in [0.2, 0.25) is 0 Å². The third-order valence-corrected chi connectivity index (χ3v) is 9.18. The van der Waals surface area contributed by atoms with E-state index in [0.29, 0.717) is 43.5 Å². The monoisotopic (exact) mass is 631 g/mol. The second kappa shape index (κ2) is 14.3. The number of nitrogens with zero attached hydrogens (tertiary/aromatic N) is 2. The number of alkyl carbamates (subject to hydrolysis) is 1. The van der Waals surface area contributed by atoms with Crippen LogP contribution >= 0.6 is 0 Å². The number of benzene rings is 2. The number of anilines is 1. The van der Waals surface area contributed by atoms with Crippen LogP contribution in [-0.2, 0) is 35.5 Å². The van der Waals surface area contributed by atoms with Gasteiger partial charge < -0.3 is 29.6 Å². The molecule has 0 radical (unpaired) electrons. The molecule has 1 saturated heterocycles. The van der Waals surface area contributed by atoms with Gasteiger partial charge in [0.2, 0.25) is 5.95 Å². The van der Waals surface area contributed by atoms with Crippen molar-refractivity contribution >= 4 is 39.2 Å². The fraction of sp³-hybridized carbons (Fsp3) is 0.483. The maximum Gasteiger partial charge on any atom is 0.413 e. The molecule has 1 aliphatic heterocycles. The Bertz CT molecular complexity index is 1520. The molecule has 4 N–H and O–H groups in total. The summed E-state index contributed by atoms with van der Waals surface area (Å²) in [7, 11) is -3.10. The van der Waals surface area contributed by atoms with E-state index in [0.717, 1.165) is 22.9 Å². The number of aliphatic hydroxyl groups excluding tert-OH is 1. The number of sulfonamides is 1. The van der Waals surface area contributed by atoms with Crippen LogP contribution in [0.5, 0.6) is 0 Å². The van der Waals surface area contributed by atoms with Gasteiger partial charge in [0.15, 0.2) is 0 Å². The van der Waals surface area contributed by atoms with E-state index in [4.69, 9.17) is 14.3 Å². The lowest BCUT2D eigenvalue weighted by Crippen LogP contribution is -2.51. The number of aliphatic hydroxyl groups is 1. The third-order valence-electron chi connectivity index (χ3n) is 7.56. The first kappa shape index (κ1) is 31.7. The topological polar surface area (TPSA) is 181 Å². The molecule has 2 aliphatic rings. The van der Waals surface area contributed by atoms with Gasteiger partial charge in [-0.2, -0.15) is 0 Å². The zero-order valence-corrected chi connectivity index (χ0v) is 25.1. The summed E-state index contributed by atoms with van der Waals surface area (Å²) in [6, 6.07) is 12.6. The second-order valence-corrected chi connectivity index (χ2v) is 12.6. The van der Waals surface area contributed by atoms with Crippen molar-refractivity contribution in [3.05, 3.63) is 54.1 Å². The quantitative estimate of drug-likeness (QED) is 0.217. The van der Waals surface area contributed by atoms with Gasteiger partial charge in [-0.05, 0) is 43.0 Å². The first-order valence-electron chi connectivity index (χ1n) is 14.5. The number of carbonyl (C=O) groups excluding carboxylic acids is 2. The second-order valence-electron chi connectivity index (χ2n) is 10.8. The van der Waals surface area contributed by atoms with Crippen molar-refractivity contribution in [3.63, 3.8) is 0 Å². The summed E-state index contributed by atoms with van der Waals surface area (Å²) < 4.78 is 44.1. The van der Waals surface area contributed by atoms with Gasteiger partial charge in [0, 0.05) is 6.42 Å². The highest BCUT2D eigenvalue weighted by Crippen LogP contribution is 2.28. The first-order chi connectivity index (χ1) is 21.2. The van der Waals surface area contributed by atoms with E-state index in [1.54, 1.807) is 0 Å². The van der Waals surface area contributed by atoms with E-state index in [-0.39, 0.29) is 23.4 Å². The van der Waals surface area contributed by atoms with Crippen LogP contribution in [0.25, 0.3) is 11.0 Å². The van der Waals surface area contributed by atoms with Crippen LogP contribution in [0.4, 0.5) is 15.5 Å². The summed E-state index contributed by atoms with van der Waals surface area (Å²) in [6.45, 7) is 0.327.